The van der Waals surface area contributed by atoms with Crippen LogP contribution in [0.25, 0.3) is 16.8 Å². The number of fused-ring (bicyclic) bond motifs is 1. The normalized spacial score (nSPS) is 22.1. The van der Waals surface area contributed by atoms with Crippen molar-refractivity contribution >= 4 is 55.4 Å². The molecule has 1 saturated heterocycles. The Bertz CT molecular complexity index is 1270. The molecule has 174 valence electrons. The number of thioether (sulfide) groups is 1. The SMILES string of the molecule is O=C1CC(=O)/C(=C/c2ccnc(CC3CCC(NCc4ccc5cc(Br)ccc5c4)CC3)n2)S1. The molecule has 7 heteroatoms. The van der Waals surface area contributed by atoms with E-state index in [0.717, 1.165) is 60.7 Å². The third kappa shape index (κ3) is 5.82. The van der Waals surface area contributed by atoms with Crippen LogP contribution in [0.2, 0.25) is 0 Å². The zero-order valence-electron chi connectivity index (χ0n) is 18.8. The van der Waals surface area contributed by atoms with Gasteiger partial charge in [-0.3, -0.25) is 9.59 Å². The highest BCUT2D eigenvalue weighted by molar-refractivity contribution is 9.10. The smallest absolute Gasteiger partial charge is 0.201 e. The van der Waals surface area contributed by atoms with Gasteiger partial charge in [-0.15, -0.1) is 0 Å². The van der Waals surface area contributed by atoms with Crippen molar-refractivity contribution in [1.82, 2.24) is 15.3 Å². The Morgan fingerprint density at radius 3 is 2.62 bits per heavy atom. The van der Waals surface area contributed by atoms with Gasteiger partial charge in [0, 0.05) is 29.7 Å². The second-order valence-corrected chi connectivity index (χ2v) is 11.1. The Morgan fingerprint density at radius 1 is 1.03 bits per heavy atom. The molecule has 34 heavy (non-hydrogen) atoms. The van der Waals surface area contributed by atoms with Crippen molar-refractivity contribution < 1.29 is 9.59 Å². The van der Waals surface area contributed by atoms with Gasteiger partial charge in [0.25, 0.3) is 0 Å². The molecule has 2 fully saturated rings. The Balaban J connectivity index is 1.12. The molecule has 1 aromatic heterocycles. The second-order valence-electron chi connectivity index (χ2n) is 9.11. The molecule has 1 aliphatic heterocycles. The summed E-state index contributed by atoms with van der Waals surface area (Å²) in [5, 5.41) is 6.18. The van der Waals surface area contributed by atoms with E-state index in [2.05, 4.69) is 67.6 Å². The van der Waals surface area contributed by atoms with Crippen molar-refractivity contribution in [3.05, 3.63) is 75.1 Å². The molecular weight excluding hydrogens is 510 g/mol. The average Bonchev–Trinajstić information content (AvgIpc) is 3.15. The van der Waals surface area contributed by atoms with Gasteiger partial charge in [0.2, 0.25) is 5.12 Å². The van der Waals surface area contributed by atoms with Crippen LogP contribution in [0, 0.1) is 5.92 Å². The summed E-state index contributed by atoms with van der Waals surface area (Å²) < 4.78 is 1.11. The maximum atomic E-state index is 11.9. The lowest BCUT2D eigenvalue weighted by atomic mass is 9.84. The minimum atomic E-state index is -0.113. The first-order chi connectivity index (χ1) is 16.5. The van der Waals surface area contributed by atoms with Crippen molar-refractivity contribution in [1.29, 1.82) is 0 Å². The number of nitrogens with one attached hydrogen (secondary N) is 1. The van der Waals surface area contributed by atoms with Gasteiger partial charge in [-0.05, 0) is 90.0 Å². The number of hydrogen-bond donors (Lipinski definition) is 1. The highest BCUT2D eigenvalue weighted by Gasteiger charge is 2.26. The molecule has 0 amide bonds. The largest absolute Gasteiger partial charge is 0.310 e. The third-order valence-corrected chi connectivity index (χ3v) is 8.02. The summed E-state index contributed by atoms with van der Waals surface area (Å²) in [7, 11) is 0. The van der Waals surface area contributed by atoms with E-state index < -0.39 is 0 Å². The number of carbonyl (C=O) groups excluding carboxylic acids is 2. The van der Waals surface area contributed by atoms with Gasteiger partial charge in [0.1, 0.15) is 5.82 Å². The molecule has 0 radical (unpaired) electrons. The quantitative estimate of drug-likeness (QED) is 0.315. The number of rotatable bonds is 6. The highest BCUT2D eigenvalue weighted by atomic mass is 79.9. The fourth-order valence-electron chi connectivity index (χ4n) is 4.74. The van der Waals surface area contributed by atoms with E-state index in [1.54, 1.807) is 18.3 Å². The van der Waals surface area contributed by atoms with Crippen LogP contribution in [0.3, 0.4) is 0 Å². The fraction of sp³-hybridized carbons (Fsp3) is 0.333. The van der Waals surface area contributed by atoms with Crippen LogP contribution in [-0.2, 0) is 22.6 Å². The van der Waals surface area contributed by atoms with Crippen LogP contribution in [0.15, 0.2) is 58.0 Å². The van der Waals surface area contributed by atoms with Crippen molar-refractivity contribution in [2.24, 2.45) is 5.92 Å². The van der Waals surface area contributed by atoms with Crippen LogP contribution < -0.4 is 5.32 Å². The maximum Gasteiger partial charge on any atom is 0.201 e. The number of benzene rings is 2. The molecule has 1 saturated carbocycles. The molecule has 0 unspecified atom stereocenters. The molecule has 3 aromatic rings. The molecule has 0 spiro atoms. The second kappa shape index (κ2) is 10.5. The van der Waals surface area contributed by atoms with Gasteiger partial charge in [0.05, 0.1) is 17.0 Å². The highest BCUT2D eigenvalue weighted by Crippen LogP contribution is 2.31. The van der Waals surface area contributed by atoms with Crippen LogP contribution >= 0.6 is 27.7 Å². The lowest BCUT2D eigenvalue weighted by Crippen LogP contribution is -2.33. The van der Waals surface area contributed by atoms with Crippen LogP contribution in [-0.4, -0.2) is 26.9 Å². The zero-order valence-corrected chi connectivity index (χ0v) is 21.2. The topological polar surface area (TPSA) is 72.0 Å². The molecular formula is C27H26BrN3O2S. The number of Topliss-reactive ketones (excluding diaryl/α,β-unsaturated/α-hetero) is 1. The zero-order chi connectivity index (χ0) is 23.5. The number of allylic oxidation sites excluding steroid dienone is 1. The van der Waals surface area contributed by atoms with Gasteiger partial charge in [-0.1, -0.05) is 34.1 Å². The van der Waals surface area contributed by atoms with E-state index >= 15 is 0 Å². The van der Waals surface area contributed by atoms with Crippen LogP contribution in [0.4, 0.5) is 0 Å². The van der Waals surface area contributed by atoms with Gasteiger partial charge >= 0.3 is 0 Å². The lowest BCUT2D eigenvalue weighted by molar-refractivity contribution is -0.119. The number of hydrogen-bond acceptors (Lipinski definition) is 6. The van der Waals surface area contributed by atoms with E-state index in [-0.39, 0.29) is 17.3 Å². The summed E-state index contributed by atoms with van der Waals surface area (Å²) in [6, 6.07) is 15.4. The molecule has 2 aliphatic rings. The molecule has 1 aliphatic carbocycles. The number of carbonyl (C=O) groups is 2. The molecule has 1 N–H and O–H groups in total. The predicted molar refractivity (Wildman–Crippen MR) is 140 cm³/mol. The van der Waals surface area contributed by atoms with E-state index in [9.17, 15) is 9.59 Å². The number of aromatic nitrogens is 2. The molecule has 0 atom stereocenters. The first-order valence-electron chi connectivity index (χ1n) is 11.7. The van der Waals surface area contributed by atoms with Crippen molar-refractivity contribution in [3.63, 3.8) is 0 Å². The van der Waals surface area contributed by atoms with Crippen LogP contribution in [0.1, 0.15) is 49.2 Å². The Labute approximate surface area is 212 Å². The Morgan fingerprint density at radius 2 is 1.82 bits per heavy atom. The van der Waals surface area contributed by atoms with E-state index in [0.29, 0.717) is 22.6 Å². The van der Waals surface area contributed by atoms with Crippen molar-refractivity contribution in [3.8, 4) is 0 Å². The van der Waals surface area contributed by atoms with Gasteiger partial charge in [-0.2, -0.15) is 0 Å². The van der Waals surface area contributed by atoms with Gasteiger partial charge in [0.15, 0.2) is 5.78 Å². The Hall–Kier alpha value is -2.35. The minimum Gasteiger partial charge on any atom is -0.310 e. The first-order valence-corrected chi connectivity index (χ1v) is 13.3. The fourth-order valence-corrected chi connectivity index (χ4v) is 5.93. The predicted octanol–water partition coefficient (Wildman–Crippen LogP) is 5.86. The van der Waals surface area contributed by atoms with Gasteiger partial charge < -0.3 is 5.32 Å². The summed E-state index contributed by atoms with van der Waals surface area (Å²) in [6.45, 7) is 0.889. The number of halogens is 1. The summed E-state index contributed by atoms with van der Waals surface area (Å²) in [5.74, 6) is 1.28. The number of ketones is 1. The molecule has 5 rings (SSSR count). The molecule has 2 aromatic carbocycles. The summed E-state index contributed by atoms with van der Waals surface area (Å²) >= 11 is 4.55. The van der Waals surface area contributed by atoms with Crippen molar-refractivity contribution in [2.75, 3.05) is 0 Å². The molecule has 5 nitrogen and oxygen atoms in total. The standard InChI is InChI=1S/C27H26BrN3O2S/c28-21-6-5-19-11-18(1-4-20(19)13-21)16-30-22-7-2-17(3-8-22)12-26-29-10-9-23(31-26)14-25-24(32)15-27(33)34-25/h1,4-6,9-11,13-14,17,22,30H,2-3,7-8,12,15-16H2/b25-14-. The molecule has 0 bridgehead atoms. The lowest BCUT2D eigenvalue weighted by Gasteiger charge is -2.29. The van der Waals surface area contributed by atoms with E-state index in [4.69, 9.17) is 0 Å². The van der Waals surface area contributed by atoms with Gasteiger partial charge in [-0.25, -0.2) is 9.97 Å². The summed E-state index contributed by atoms with van der Waals surface area (Å²) in [6.07, 6.45) is 8.92. The molecule has 2 heterocycles. The summed E-state index contributed by atoms with van der Waals surface area (Å²) in [5.41, 5.74) is 2.02. The van der Waals surface area contributed by atoms with Crippen molar-refractivity contribution in [2.45, 2.75) is 51.1 Å². The van der Waals surface area contributed by atoms with Crippen LogP contribution in [0.5, 0.6) is 0 Å². The van der Waals surface area contributed by atoms with E-state index in [1.165, 1.54) is 16.3 Å². The maximum absolute atomic E-state index is 11.9. The summed E-state index contributed by atoms with van der Waals surface area (Å²) in [4.78, 5) is 32.9. The first kappa shape index (κ1) is 23.4. The number of nitrogens with zero attached hydrogens (tertiary/aromatic N) is 2. The monoisotopic (exact) mass is 535 g/mol. The minimum absolute atomic E-state index is 0.00936. The average molecular weight is 536 g/mol. The van der Waals surface area contributed by atoms with E-state index in [1.807, 2.05) is 0 Å². The Kier molecular flexibility index (Phi) is 7.23. The third-order valence-electron chi connectivity index (χ3n) is 6.59.